The van der Waals surface area contributed by atoms with Crippen molar-refractivity contribution in [2.45, 2.75) is 18.9 Å². The maximum absolute atomic E-state index is 11.9. The Balaban J connectivity index is 1.49. The summed E-state index contributed by atoms with van der Waals surface area (Å²) in [7, 11) is 0. The highest BCUT2D eigenvalue weighted by Gasteiger charge is 2.27. The first-order chi connectivity index (χ1) is 11.6. The molecular weight excluding hydrogens is 314 g/mol. The molecule has 24 heavy (non-hydrogen) atoms. The van der Waals surface area contributed by atoms with Crippen LogP contribution in [-0.4, -0.2) is 41.1 Å². The molecule has 2 aromatic rings. The zero-order valence-electron chi connectivity index (χ0n) is 12.8. The minimum atomic E-state index is -0.653. The first kappa shape index (κ1) is 16.2. The van der Waals surface area contributed by atoms with Crippen LogP contribution in [0.1, 0.15) is 10.4 Å². The molecule has 8 heteroatoms. The quantitative estimate of drug-likeness (QED) is 0.792. The fraction of sp³-hybridized carbons (Fsp3) is 0.312. The third-order valence-electron chi connectivity index (χ3n) is 3.47. The van der Waals surface area contributed by atoms with Gasteiger partial charge in [-0.2, -0.15) is 4.98 Å². The van der Waals surface area contributed by atoms with Gasteiger partial charge in [-0.25, -0.2) is 9.59 Å². The lowest BCUT2D eigenvalue weighted by Crippen LogP contribution is -2.30. The Morgan fingerprint density at radius 1 is 1.33 bits per heavy atom. The first-order valence-electron chi connectivity index (χ1n) is 7.44. The van der Waals surface area contributed by atoms with Crippen LogP contribution in [0.2, 0.25) is 0 Å². The van der Waals surface area contributed by atoms with Gasteiger partial charge in [0.15, 0.2) is 6.29 Å². The predicted molar refractivity (Wildman–Crippen MR) is 84.2 cm³/mol. The van der Waals surface area contributed by atoms with Gasteiger partial charge in [0.2, 0.25) is 0 Å². The number of nitrogens with two attached hydrogens (primary N) is 1. The average molecular weight is 331 g/mol. The van der Waals surface area contributed by atoms with Crippen molar-refractivity contribution in [1.29, 1.82) is 0 Å². The number of hydrogen-bond donors (Lipinski definition) is 1. The zero-order valence-corrected chi connectivity index (χ0v) is 12.8. The molecule has 1 aliphatic heterocycles. The molecule has 0 spiro atoms. The van der Waals surface area contributed by atoms with Crippen LogP contribution in [0.15, 0.2) is 47.4 Å². The molecule has 0 saturated carbocycles. The smallest absolute Gasteiger partial charge is 0.349 e. The summed E-state index contributed by atoms with van der Waals surface area (Å²) in [6.07, 6.45) is 0.574. The van der Waals surface area contributed by atoms with Gasteiger partial charge in [0.25, 0.3) is 0 Å². The molecule has 3 rings (SSSR count). The lowest BCUT2D eigenvalue weighted by atomic mass is 10.2. The number of aromatic nitrogens is 2. The maximum Gasteiger partial charge on any atom is 0.349 e. The molecule has 126 valence electrons. The molecule has 1 aliphatic rings. The summed E-state index contributed by atoms with van der Waals surface area (Å²) in [4.78, 5) is 27.2. The van der Waals surface area contributed by atoms with Gasteiger partial charge in [-0.05, 0) is 18.2 Å². The molecule has 0 unspecified atom stereocenters. The highest BCUT2D eigenvalue weighted by molar-refractivity contribution is 5.89. The van der Waals surface area contributed by atoms with Gasteiger partial charge in [0.1, 0.15) is 18.5 Å². The van der Waals surface area contributed by atoms with E-state index in [0.29, 0.717) is 12.2 Å². The van der Waals surface area contributed by atoms with E-state index >= 15 is 0 Å². The fourth-order valence-electron chi connectivity index (χ4n) is 2.29. The Morgan fingerprint density at radius 2 is 2.12 bits per heavy atom. The monoisotopic (exact) mass is 331 g/mol. The molecule has 1 fully saturated rings. The van der Waals surface area contributed by atoms with E-state index in [-0.39, 0.29) is 25.1 Å². The Morgan fingerprint density at radius 3 is 2.88 bits per heavy atom. The Bertz CT molecular complexity index is 762. The van der Waals surface area contributed by atoms with E-state index in [1.165, 1.54) is 10.6 Å². The number of esters is 1. The maximum atomic E-state index is 11.9. The van der Waals surface area contributed by atoms with Crippen molar-refractivity contribution in [3.8, 4) is 0 Å². The average Bonchev–Trinajstić information content (AvgIpc) is 3.03. The molecule has 2 N–H and O–H groups in total. The van der Waals surface area contributed by atoms with Crippen molar-refractivity contribution in [3.05, 3.63) is 58.6 Å². The number of hydrogen-bond acceptors (Lipinski definition) is 7. The lowest BCUT2D eigenvalue weighted by Gasteiger charge is -2.13. The van der Waals surface area contributed by atoms with Crippen molar-refractivity contribution in [1.82, 2.24) is 9.55 Å². The third-order valence-corrected chi connectivity index (χ3v) is 3.47. The first-order valence-corrected chi connectivity index (χ1v) is 7.44. The van der Waals surface area contributed by atoms with Gasteiger partial charge in [-0.3, -0.25) is 4.57 Å². The van der Waals surface area contributed by atoms with Crippen LogP contribution in [0.25, 0.3) is 0 Å². The van der Waals surface area contributed by atoms with Crippen LogP contribution in [0.5, 0.6) is 0 Å². The highest BCUT2D eigenvalue weighted by Crippen LogP contribution is 2.14. The van der Waals surface area contributed by atoms with Crippen LogP contribution < -0.4 is 11.4 Å². The van der Waals surface area contributed by atoms with Crippen LogP contribution in [0, 0.1) is 0 Å². The summed E-state index contributed by atoms with van der Waals surface area (Å²) in [5, 5.41) is 0. The van der Waals surface area contributed by atoms with Crippen molar-refractivity contribution < 1.29 is 19.0 Å². The number of ether oxygens (including phenoxy) is 3. The van der Waals surface area contributed by atoms with Crippen molar-refractivity contribution in [3.63, 3.8) is 0 Å². The largest absolute Gasteiger partial charge is 0.457 e. The summed E-state index contributed by atoms with van der Waals surface area (Å²) in [5.41, 5.74) is 5.46. The zero-order chi connectivity index (χ0) is 16.9. The Hall–Kier alpha value is -2.71. The fourth-order valence-corrected chi connectivity index (χ4v) is 2.29. The normalized spacial score (nSPS) is 20.0. The highest BCUT2D eigenvalue weighted by atomic mass is 16.7. The number of carbonyl (C=O) groups excluding carboxylic acids is 1. The van der Waals surface area contributed by atoms with E-state index in [9.17, 15) is 9.59 Å². The number of benzene rings is 1. The number of nitrogen functional groups attached to an aromatic ring is 1. The lowest BCUT2D eigenvalue weighted by molar-refractivity contribution is -0.0940. The van der Waals surface area contributed by atoms with E-state index in [1.54, 1.807) is 30.5 Å². The van der Waals surface area contributed by atoms with E-state index < -0.39 is 17.9 Å². The summed E-state index contributed by atoms with van der Waals surface area (Å²) in [6, 6.07) is 10.2. The summed E-state index contributed by atoms with van der Waals surface area (Å²) in [6.45, 7) is 0.568. The Kier molecular flexibility index (Phi) is 4.88. The minimum absolute atomic E-state index is 0.0148. The summed E-state index contributed by atoms with van der Waals surface area (Å²) in [5.74, 6) is -0.268. The molecular formula is C16H17N3O5. The Labute approximate surface area is 137 Å². The number of nitrogens with zero attached hydrogens (tertiary/aromatic N) is 2. The topological polar surface area (TPSA) is 106 Å². The molecule has 2 heterocycles. The minimum Gasteiger partial charge on any atom is -0.457 e. The van der Waals surface area contributed by atoms with E-state index in [2.05, 4.69) is 4.98 Å². The second-order valence-electron chi connectivity index (χ2n) is 5.27. The van der Waals surface area contributed by atoms with Gasteiger partial charge >= 0.3 is 11.7 Å². The molecule has 8 nitrogen and oxygen atoms in total. The standard InChI is InChI=1S/C16H17N3O5/c17-13-6-7-19(16(21)18-13)8-12-9-22-14(24-12)10-23-15(20)11-4-2-1-3-5-11/h1-7,12,14H,8-10H2,(H2,17,18,21)/t12-,14+/m1/s1. The van der Waals surface area contributed by atoms with Gasteiger partial charge < -0.3 is 19.9 Å². The molecule has 0 amide bonds. The van der Waals surface area contributed by atoms with Gasteiger partial charge in [-0.1, -0.05) is 18.2 Å². The second kappa shape index (κ2) is 7.24. The molecule has 1 aromatic carbocycles. The number of rotatable bonds is 5. The molecule has 0 aliphatic carbocycles. The number of carbonyl (C=O) groups is 1. The van der Waals surface area contributed by atoms with Gasteiger partial charge in [0.05, 0.1) is 18.7 Å². The van der Waals surface area contributed by atoms with E-state index in [4.69, 9.17) is 19.9 Å². The second-order valence-corrected chi connectivity index (χ2v) is 5.27. The summed E-state index contributed by atoms with van der Waals surface area (Å²) < 4.78 is 17.6. The molecule has 0 radical (unpaired) electrons. The van der Waals surface area contributed by atoms with Crippen LogP contribution in [0.4, 0.5) is 5.82 Å². The molecule has 0 bridgehead atoms. The summed E-state index contributed by atoms with van der Waals surface area (Å²) >= 11 is 0. The van der Waals surface area contributed by atoms with Crippen molar-refractivity contribution in [2.24, 2.45) is 0 Å². The van der Waals surface area contributed by atoms with Crippen LogP contribution >= 0.6 is 0 Å². The van der Waals surface area contributed by atoms with Crippen LogP contribution in [0.3, 0.4) is 0 Å². The van der Waals surface area contributed by atoms with Crippen LogP contribution in [-0.2, 0) is 20.8 Å². The predicted octanol–water partition coefficient (Wildman–Crippen LogP) is 0.424. The molecule has 1 aromatic heterocycles. The SMILES string of the molecule is Nc1ccn(C[C@@H]2CO[C@H](COC(=O)c3ccccc3)O2)c(=O)n1. The van der Waals surface area contributed by atoms with Crippen molar-refractivity contribution >= 4 is 11.8 Å². The molecule has 2 atom stereocenters. The molecule has 1 saturated heterocycles. The van der Waals surface area contributed by atoms with Gasteiger partial charge in [-0.15, -0.1) is 0 Å². The van der Waals surface area contributed by atoms with Crippen molar-refractivity contribution in [2.75, 3.05) is 18.9 Å². The third kappa shape index (κ3) is 3.98. The number of anilines is 1. The van der Waals surface area contributed by atoms with Gasteiger partial charge in [0, 0.05) is 6.20 Å². The van der Waals surface area contributed by atoms with E-state index in [0.717, 1.165) is 0 Å². The van der Waals surface area contributed by atoms with E-state index in [1.807, 2.05) is 6.07 Å².